The van der Waals surface area contributed by atoms with Crippen LogP contribution in [0, 0.1) is 17.0 Å². The van der Waals surface area contributed by atoms with Crippen molar-refractivity contribution in [1.29, 1.82) is 0 Å². The minimum atomic E-state index is -1.09. The fourth-order valence-electron chi connectivity index (χ4n) is 2.18. The van der Waals surface area contributed by atoms with Gasteiger partial charge in [-0.15, -0.1) is 0 Å². The van der Waals surface area contributed by atoms with E-state index in [1.807, 2.05) is 0 Å². The Morgan fingerprint density at radius 1 is 1.20 bits per heavy atom. The summed E-state index contributed by atoms with van der Waals surface area (Å²) in [6.07, 6.45) is 1.23. The summed E-state index contributed by atoms with van der Waals surface area (Å²) in [5.74, 6) is 0. The Morgan fingerprint density at radius 3 is 2.65 bits per heavy atom. The van der Waals surface area contributed by atoms with Crippen LogP contribution in [0.1, 0.15) is 5.56 Å². The molecule has 0 atom stereocenters. The summed E-state index contributed by atoms with van der Waals surface area (Å²) in [6, 6.07) is 4.22. The van der Waals surface area contributed by atoms with Gasteiger partial charge >= 0.3 is 11.3 Å². The van der Waals surface area contributed by atoms with Gasteiger partial charge in [0.1, 0.15) is 11.0 Å². The Morgan fingerprint density at radius 2 is 1.95 bits per heavy atom. The van der Waals surface area contributed by atoms with Crippen molar-refractivity contribution in [2.75, 3.05) is 0 Å². The van der Waals surface area contributed by atoms with Crippen LogP contribution >= 0.6 is 0 Å². The van der Waals surface area contributed by atoms with Crippen molar-refractivity contribution in [2.24, 2.45) is 0 Å². The van der Waals surface area contributed by atoms with E-state index in [1.54, 1.807) is 0 Å². The molecule has 0 amide bonds. The molecule has 0 aliphatic rings. The molecule has 7 heteroatoms. The molecule has 0 radical (unpaired) electrons. The van der Waals surface area contributed by atoms with Gasteiger partial charge in [-0.2, -0.15) is 0 Å². The van der Waals surface area contributed by atoms with Gasteiger partial charge in [0.05, 0.1) is 11.2 Å². The predicted octanol–water partition coefficient (Wildman–Crippen LogP) is 2.12. The van der Waals surface area contributed by atoms with Crippen molar-refractivity contribution in [3.05, 3.63) is 60.8 Å². The Balaban J connectivity index is 2.65. The molecule has 0 fully saturated rings. The van der Waals surface area contributed by atoms with E-state index in [4.69, 9.17) is 8.83 Å². The van der Waals surface area contributed by atoms with Gasteiger partial charge in [0.15, 0.2) is 11.0 Å². The van der Waals surface area contributed by atoms with Crippen LogP contribution in [0.15, 0.2) is 42.9 Å². The maximum atomic E-state index is 11.9. The molecule has 100 valence electrons. The molecular weight excluding hydrogens is 266 g/mol. The van der Waals surface area contributed by atoms with Crippen molar-refractivity contribution in [2.45, 2.75) is 6.92 Å². The number of fused-ring (bicyclic) bond motifs is 3. The first-order chi connectivity index (χ1) is 9.50. The quantitative estimate of drug-likeness (QED) is 0.291. The molecule has 3 aromatic rings. The van der Waals surface area contributed by atoms with E-state index in [0.29, 0.717) is 5.39 Å². The largest absolute Gasteiger partial charge is 0.464 e. The number of hydrogen-bond donors (Lipinski definition) is 0. The number of aryl methyl sites for hydroxylation is 1. The van der Waals surface area contributed by atoms with Gasteiger partial charge < -0.3 is 8.83 Å². The van der Waals surface area contributed by atoms with Gasteiger partial charge in [-0.25, -0.2) is 4.79 Å². The molecule has 0 aliphatic heterocycles. The second-order valence-electron chi connectivity index (χ2n) is 4.22. The van der Waals surface area contributed by atoms with Gasteiger partial charge in [0.2, 0.25) is 0 Å². The first-order valence-electron chi connectivity index (χ1n) is 5.63. The second-order valence-corrected chi connectivity index (χ2v) is 4.22. The number of benzene rings is 1. The zero-order valence-electron chi connectivity index (χ0n) is 10.2. The predicted molar refractivity (Wildman–Crippen MR) is 69.9 cm³/mol. The van der Waals surface area contributed by atoms with Crippen LogP contribution in [-0.4, -0.2) is 4.92 Å². The lowest BCUT2D eigenvalue weighted by atomic mass is 10.1. The van der Waals surface area contributed by atoms with Gasteiger partial charge in [0.25, 0.3) is 0 Å². The summed E-state index contributed by atoms with van der Waals surface area (Å²) in [4.78, 5) is 33.7. The van der Waals surface area contributed by atoms with Crippen LogP contribution in [0.5, 0.6) is 0 Å². The minimum Gasteiger partial charge on any atom is -0.464 e. The molecule has 0 bridgehead atoms. The molecule has 0 aliphatic carbocycles. The summed E-state index contributed by atoms with van der Waals surface area (Å²) < 4.78 is 10.1. The summed E-state index contributed by atoms with van der Waals surface area (Å²) >= 11 is 0. The highest BCUT2D eigenvalue weighted by Crippen LogP contribution is 2.28. The van der Waals surface area contributed by atoms with E-state index >= 15 is 0 Å². The lowest BCUT2D eigenvalue weighted by Crippen LogP contribution is -2.10. The average Bonchev–Trinajstić information content (AvgIpc) is 2.37. The molecule has 1 aromatic carbocycles. The third-order valence-corrected chi connectivity index (χ3v) is 3.11. The molecule has 0 saturated heterocycles. The molecule has 2 heterocycles. The Hall–Kier alpha value is -2.96. The van der Waals surface area contributed by atoms with Crippen LogP contribution < -0.4 is 11.1 Å². The molecule has 20 heavy (non-hydrogen) atoms. The third-order valence-electron chi connectivity index (χ3n) is 3.11. The molecule has 0 N–H and O–H groups in total. The van der Waals surface area contributed by atoms with Crippen molar-refractivity contribution >= 4 is 27.6 Å². The summed E-state index contributed by atoms with van der Waals surface area (Å²) in [6.45, 7) is 1.44. The average molecular weight is 273 g/mol. The SMILES string of the molecule is Cc1c([N+](=O)[O-])c(=O)oc2c1ccc1occc(=O)c12. The van der Waals surface area contributed by atoms with Gasteiger partial charge in [-0.3, -0.25) is 14.9 Å². The smallest absolute Gasteiger partial charge is 0.415 e. The molecule has 0 saturated carbocycles. The van der Waals surface area contributed by atoms with E-state index < -0.39 is 16.2 Å². The number of rotatable bonds is 1. The Bertz CT molecular complexity index is 982. The Kier molecular flexibility index (Phi) is 2.43. The second kappa shape index (κ2) is 4.02. The van der Waals surface area contributed by atoms with Gasteiger partial charge in [-0.05, 0) is 19.1 Å². The van der Waals surface area contributed by atoms with Crippen molar-refractivity contribution in [3.8, 4) is 0 Å². The summed E-state index contributed by atoms with van der Waals surface area (Å²) in [7, 11) is 0. The summed E-state index contributed by atoms with van der Waals surface area (Å²) in [5.41, 5.74) is -1.68. The van der Waals surface area contributed by atoms with Crippen molar-refractivity contribution < 1.29 is 13.8 Å². The van der Waals surface area contributed by atoms with Crippen molar-refractivity contribution in [3.63, 3.8) is 0 Å². The topological polar surface area (TPSA) is 104 Å². The molecule has 0 unspecified atom stereocenters. The first kappa shape index (κ1) is 12.1. The van der Waals surface area contributed by atoms with Crippen LogP contribution in [0.4, 0.5) is 5.69 Å². The van der Waals surface area contributed by atoms with Crippen molar-refractivity contribution in [1.82, 2.24) is 0 Å². The van der Waals surface area contributed by atoms with E-state index in [1.165, 1.54) is 31.4 Å². The Labute approximate surface area is 110 Å². The molecule has 3 rings (SSSR count). The van der Waals surface area contributed by atoms with Gasteiger partial charge in [0, 0.05) is 17.0 Å². The molecule has 0 spiro atoms. The normalized spacial score (nSPS) is 11.1. The fraction of sp³-hybridized carbons (Fsp3) is 0.0769. The summed E-state index contributed by atoms with van der Waals surface area (Å²) in [5, 5.41) is 11.3. The first-order valence-corrected chi connectivity index (χ1v) is 5.63. The van der Waals surface area contributed by atoms with Crippen LogP contribution in [0.2, 0.25) is 0 Å². The number of nitrogens with zero attached hydrogens (tertiary/aromatic N) is 1. The molecule has 2 aromatic heterocycles. The van der Waals surface area contributed by atoms with E-state index in [0.717, 1.165) is 0 Å². The van der Waals surface area contributed by atoms with Crippen LogP contribution in [0.25, 0.3) is 21.9 Å². The zero-order valence-corrected chi connectivity index (χ0v) is 10.2. The van der Waals surface area contributed by atoms with E-state index in [-0.39, 0.29) is 27.5 Å². The molecule has 7 nitrogen and oxygen atoms in total. The number of hydrogen-bond acceptors (Lipinski definition) is 6. The van der Waals surface area contributed by atoms with E-state index in [2.05, 4.69) is 0 Å². The van der Waals surface area contributed by atoms with Crippen LogP contribution in [0.3, 0.4) is 0 Å². The monoisotopic (exact) mass is 273 g/mol. The molecular formula is C13H7NO6. The highest BCUT2D eigenvalue weighted by Gasteiger charge is 2.23. The highest BCUT2D eigenvalue weighted by atomic mass is 16.6. The van der Waals surface area contributed by atoms with Gasteiger partial charge in [-0.1, -0.05) is 0 Å². The third kappa shape index (κ3) is 1.53. The maximum Gasteiger partial charge on any atom is 0.415 e. The zero-order chi connectivity index (χ0) is 14.4. The highest BCUT2D eigenvalue weighted by molar-refractivity contribution is 6.03. The lowest BCUT2D eigenvalue weighted by molar-refractivity contribution is -0.387. The minimum absolute atomic E-state index is 0.00458. The fourth-order valence-corrected chi connectivity index (χ4v) is 2.18. The van der Waals surface area contributed by atoms with E-state index in [9.17, 15) is 19.7 Å². The van der Waals surface area contributed by atoms with Crippen LogP contribution in [-0.2, 0) is 0 Å². The maximum absolute atomic E-state index is 11.9. The standard InChI is InChI=1S/C13H7NO6/c1-6-7-2-3-9-10(8(15)4-5-19-9)12(7)20-13(16)11(6)14(17)18/h2-5H,1H3. The lowest BCUT2D eigenvalue weighted by Gasteiger charge is -2.03. The number of nitro groups is 1.